The summed E-state index contributed by atoms with van der Waals surface area (Å²) >= 11 is 3.45. The first-order valence-corrected chi connectivity index (χ1v) is 5.42. The maximum Gasteiger partial charge on any atom is 0.307 e. The second-order valence-electron chi connectivity index (χ2n) is 3.73. The summed E-state index contributed by atoms with van der Waals surface area (Å²) in [6, 6.07) is 5.69. The molecule has 0 heterocycles. The molecular weight excluding hydrogens is 258 g/mol. The Kier molecular flexibility index (Phi) is 4.29. The van der Waals surface area contributed by atoms with E-state index in [1.807, 2.05) is 32.3 Å². The van der Waals surface area contributed by atoms with Crippen molar-refractivity contribution in [1.82, 2.24) is 4.90 Å². The van der Waals surface area contributed by atoms with Crippen LogP contribution in [-0.2, 0) is 17.8 Å². The maximum absolute atomic E-state index is 10.5. The van der Waals surface area contributed by atoms with Gasteiger partial charge in [0.15, 0.2) is 0 Å². The molecule has 0 spiro atoms. The maximum atomic E-state index is 10.5. The first-order chi connectivity index (χ1) is 6.99. The molecule has 4 heteroatoms. The van der Waals surface area contributed by atoms with Crippen molar-refractivity contribution in [3.8, 4) is 0 Å². The molecule has 0 aliphatic rings. The third kappa shape index (κ3) is 4.01. The fraction of sp³-hybridized carbons (Fsp3) is 0.364. The molecule has 1 aromatic rings. The van der Waals surface area contributed by atoms with Gasteiger partial charge in [-0.2, -0.15) is 0 Å². The van der Waals surface area contributed by atoms with E-state index in [-0.39, 0.29) is 6.42 Å². The second kappa shape index (κ2) is 5.28. The first-order valence-electron chi connectivity index (χ1n) is 4.63. The first kappa shape index (κ1) is 12.2. The molecule has 0 atom stereocenters. The lowest BCUT2D eigenvalue weighted by Gasteiger charge is -2.11. The van der Waals surface area contributed by atoms with Crippen LogP contribution < -0.4 is 0 Å². The lowest BCUT2D eigenvalue weighted by Crippen LogP contribution is -2.11. The van der Waals surface area contributed by atoms with E-state index in [0.29, 0.717) is 0 Å². The van der Waals surface area contributed by atoms with Gasteiger partial charge in [-0.15, -0.1) is 0 Å². The average molecular weight is 272 g/mol. The molecule has 1 rings (SSSR count). The number of hydrogen-bond donors (Lipinski definition) is 1. The molecule has 0 radical (unpaired) electrons. The van der Waals surface area contributed by atoms with Gasteiger partial charge in [-0.3, -0.25) is 4.79 Å². The van der Waals surface area contributed by atoms with Crippen molar-refractivity contribution >= 4 is 21.9 Å². The summed E-state index contributed by atoms with van der Waals surface area (Å²) in [6.45, 7) is 0.841. The standard InChI is InChI=1S/C11H14BrNO2/c1-13(2)7-9-4-3-8(5-10(9)12)6-11(14)15/h3-5H,6-7H2,1-2H3,(H,14,15). The largest absolute Gasteiger partial charge is 0.481 e. The molecule has 15 heavy (non-hydrogen) atoms. The van der Waals surface area contributed by atoms with E-state index in [4.69, 9.17) is 5.11 Å². The molecule has 3 nitrogen and oxygen atoms in total. The Morgan fingerprint density at radius 3 is 2.60 bits per heavy atom. The topological polar surface area (TPSA) is 40.5 Å². The molecule has 0 saturated carbocycles. The van der Waals surface area contributed by atoms with Crippen LogP contribution in [0.4, 0.5) is 0 Å². The number of hydrogen-bond acceptors (Lipinski definition) is 2. The van der Waals surface area contributed by atoms with Gasteiger partial charge in [-0.1, -0.05) is 28.1 Å². The van der Waals surface area contributed by atoms with Gasteiger partial charge in [0.05, 0.1) is 6.42 Å². The van der Waals surface area contributed by atoms with Crippen LogP contribution in [0.25, 0.3) is 0 Å². The molecule has 0 aliphatic carbocycles. The number of carbonyl (C=O) groups is 1. The lowest BCUT2D eigenvalue weighted by atomic mass is 10.1. The fourth-order valence-electron chi connectivity index (χ4n) is 1.34. The molecule has 0 amide bonds. The Hall–Kier alpha value is -0.870. The second-order valence-corrected chi connectivity index (χ2v) is 4.59. The van der Waals surface area contributed by atoms with Crippen molar-refractivity contribution < 1.29 is 9.90 Å². The predicted molar refractivity (Wildman–Crippen MR) is 62.9 cm³/mol. The van der Waals surface area contributed by atoms with Crippen molar-refractivity contribution in [2.45, 2.75) is 13.0 Å². The van der Waals surface area contributed by atoms with Gasteiger partial charge in [-0.25, -0.2) is 0 Å². The quantitative estimate of drug-likeness (QED) is 0.912. The Bertz CT molecular complexity index is 364. The van der Waals surface area contributed by atoms with E-state index in [9.17, 15) is 4.79 Å². The summed E-state index contributed by atoms with van der Waals surface area (Å²) in [7, 11) is 4.00. The van der Waals surface area contributed by atoms with E-state index in [0.717, 1.165) is 22.1 Å². The molecule has 0 aromatic heterocycles. The summed E-state index contributed by atoms with van der Waals surface area (Å²) in [5.74, 6) is -0.803. The third-order valence-electron chi connectivity index (χ3n) is 1.96. The van der Waals surface area contributed by atoms with Crippen LogP contribution in [0.1, 0.15) is 11.1 Å². The van der Waals surface area contributed by atoms with Crippen LogP contribution in [0.15, 0.2) is 22.7 Å². The molecule has 0 aliphatic heterocycles. The minimum absolute atomic E-state index is 0.0703. The number of nitrogens with zero attached hydrogens (tertiary/aromatic N) is 1. The molecule has 1 aromatic carbocycles. The minimum Gasteiger partial charge on any atom is -0.481 e. The van der Waals surface area contributed by atoms with Gasteiger partial charge in [0.25, 0.3) is 0 Å². The zero-order valence-corrected chi connectivity index (χ0v) is 10.4. The summed E-state index contributed by atoms with van der Waals surface area (Å²) in [4.78, 5) is 12.6. The summed E-state index contributed by atoms with van der Waals surface area (Å²) in [5, 5.41) is 8.65. The number of halogens is 1. The molecular formula is C11H14BrNO2. The van der Waals surface area contributed by atoms with Crippen LogP contribution in [0.3, 0.4) is 0 Å². The van der Waals surface area contributed by atoms with E-state index in [1.54, 1.807) is 0 Å². The Labute approximate surface area is 97.8 Å². The summed E-state index contributed by atoms with van der Waals surface area (Å²) in [5.41, 5.74) is 1.98. The van der Waals surface area contributed by atoms with Crippen molar-refractivity contribution in [3.05, 3.63) is 33.8 Å². The van der Waals surface area contributed by atoms with Crippen molar-refractivity contribution in [2.24, 2.45) is 0 Å². The SMILES string of the molecule is CN(C)Cc1ccc(CC(=O)O)cc1Br. The molecule has 0 fully saturated rings. The Balaban J connectivity index is 2.83. The van der Waals surface area contributed by atoms with Crippen LogP contribution in [-0.4, -0.2) is 30.1 Å². The molecule has 0 unspecified atom stereocenters. The Morgan fingerprint density at radius 2 is 2.13 bits per heavy atom. The lowest BCUT2D eigenvalue weighted by molar-refractivity contribution is -0.136. The van der Waals surface area contributed by atoms with Gasteiger partial charge >= 0.3 is 5.97 Å². The van der Waals surface area contributed by atoms with Crippen LogP contribution in [0.5, 0.6) is 0 Å². The predicted octanol–water partition coefficient (Wildman–Crippen LogP) is 2.14. The molecule has 82 valence electrons. The fourth-order valence-corrected chi connectivity index (χ4v) is 1.90. The third-order valence-corrected chi connectivity index (χ3v) is 2.70. The average Bonchev–Trinajstić information content (AvgIpc) is 2.08. The highest BCUT2D eigenvalue weighted by atomic mass is 79.9. The van der Waals surface area contributed by atoms with Gasteiger partial charge in [0.2, 0.25) is 0 Å². The summed E-state index contributed by atoms with van der Waals surface area (Å²) in [6.07, 6.45) is 0.0703. The van der Waals surface area contributed by atoms with E-state index in [2.05, 4.69) is 20.8 Å². The molecule has 1 N–H and O–H groups in total. The number of benzene rings is 1. The monoisotopic (exact) mass is 271 g/mol. The number of aliphatic carboxylic acids is 1. The van der Waals surface area contributed by atoms with Crippen molar-refractivity contribution in [1.29, 1.82) is 0 Å². The van der Waals surface area contributed by atoms with E-state index in [1.165, 1.54) is 0 Å². The number of carboxylic acids is 1. The molecule has 0 bridgehead atoms. The normalized spacial score (nSPS) is 10.7. The number of carboxylic acid groups (broad SMARTS) is 1. The Morgan fingerprint density at radius 1 is 1.47 bits per heavy atom. The highest BCUT2D eigenvalue weighted by Gasteiger charge is 2.05. The van der Waals surface area contributed by atoms with Gasteiger partial charge in [-0.05, 0) is 31.3 Å². The molecule has 0 saturated heterocycles. The van der Waals surface area contributed by atoms with E-state index < -0.39 is 5.97 Å². The zero-order valence-electron chi connectivity index (χ0n) is 8.83. The van der Waals surface area contributed by atoms with Crippen molar-refractivity contribution in [2.75, 3.05) is 14.1 Å². The van der Waals surface area contributed by atoms with Gasteiger partial charge in [0.1, 0.15) is 0 Å². The zero-order chi connectivity index (χ0) is 11.4. The smallest absolute Gasteiger partial charge is 0.307 e. The van der Waals surface area contributed by atoms with Crippen molar-refractivity contribution in [3.63, 3.8) is 0 Å². The van der Waals surface area contributed by atoms with Crippen LogP contribution in [0, 0.1) is 0 Å². The highest BCUT2D eigenvalue weighted by Crippen LogP contribution is 2.20. The van der Waals surface area contributed by atoms with Gasteiger partial charge in [0, 0.05) is 11.0 Å². The van der Waals surface area contributed by atoms with E-state index >= 15 is 0 Å². The highest BCUT2D eigenvalue weighted by molar-refractivity contribution is 9.10. The summed E-state index contributed by atoms with van der Waals surface area (Å²) < 4.78 is 0.968. The van der Waals surface area contributed by atoms with Crippen LogP contribution >= 0.6 is 15.9 Å². The van der Waals surface area contributed by atoms with Gasteiger partial charge < -0.3 is 10.0 Å². The minimum atomic E-state index is -0.803. The van der Waals surface area contributed by atoms with Crippen LogP contribution in [0.2, 0.25) is 0 Å². The number of rotatable bonds is 4.